The van der Waals surface area contributed by atoms with Crippen molar-refractivity contribution in [3.8, 4) is 0 Å². The Morgan fingerprint density at radius 2 is 1.96 bits per heavy atom. The third kappa shape index (κ3) is 3.64. The predicted molar refractivity (Wildman–Crippen MR) is 96.0 cm³/mol. The Balaban J connectivity index is 1.39. The SMILES string of the molecule is CN(Cc1ccc2nonc2c1)C(=O)[C@@H]1CC(=O)N(Cc2ccncc2)C1. The molecule has 8 nitrogen and oxygen atoms in total. The van der Waals surface area contributed by atoms with E-state index in [2.05, 4.69) is 15.3 Å². The third-order valence-corrected chi connectivity index (χ3v) is 4.80. The third-order valence-electron chi connectivity index (χ3n) is 4.80. The molecule has 1 aliphatic rings. The molecule has 0 spiro atoms. The maximum Gasteiger partial charge on any atom is 0.228 e. The number of nitrogens with zero attached hydrogens (tertiary/aromatic N) is 5. The number of hydrogen-bond donors (Lipinski definition) is 0. The van der Waals surface area contributed by atoms with E-state index < -0.39 is 0 Å². The fourth-order valence-electron chi connectivity index (χ4n) is 3.39. The summed E-state index contributed by atoms with van der Waals surface area (Å²) in [5.74, 6) is -0.339. The van der Waals surface area contributed by atoms with Gasteiger partial charge in [-0.05, 0) is 45.7 Å². The Labute approximate surface area is 155 Å². The molecule has 0 aliphatic carbocycles. The molecule has 27 heavy (non-hydrogen) atoms. The van der Waals surface area contributed by atoms with Crippen molar-refractivity contribution in [2.45, 2.75) is 19.5 Å². The molecule has 1 fully saturated rings. The molecule has 1 saturated heterocycles. The molecule has 2 aromatic heterocycles. The molecule has 3 aromatic rings. The monoisotopic (exact) mass is 365 g/mol. The maximum atomic E-state index is 12.8. The summed E-state index contributed by atoms with van der Waals surface area (Å²) in [5.41, 5.74) is 3.29. The number of carbonyl (C=O) groups is 2. The average Bonchev–Trinajstić information content (AvgIpc) is 3.28. The molecule has 1 aliphatic heterocycles. The molecule has 0 radical (unpaired) electrons. The Morgan fingerprint density at radius 1 is 1.19 bits per heavy atom. The summed E-state index contributed by atoms with van der Waals surface area (Å²) >= 11 is 0. The molecule has 0 bridgehead atoms. The highest BCUT2D eigenvalue weighted by atomic mass is 16.6. The van der Waals surface area contributed by atoms with Gasteiger partial charge in [-0.3, -0.25) is 14.6 Å². The van der Waals surface area contributed by atoms with Crippen molar-refractivity contribution < 1.29 is 14.2 Å². The molecule has 0 unspecified atom stereocenters. The van der Waals surface area contributed by atoms with E-state index >= 15 is 0 Å². The molecule has 0 saturated carbocycles. The van der Waals surface area contributed by atoms with E-state index in [0.29, 0.717) is 30.7 Å². The molecular weight excluding hydrogens is 346 g/mol. The predicted octanol–water partition coefficient (Wildman–Crippen LogP) is 1.62. The van der Waals surface area contributed by atoms with Crippen LogP contribution in [-0.2, 0) is 22.7 Å². The zero-order valence-electron chi connectivity index (χ0n) is 14.9. The first kappa shape index (κ1) is 17.1. The van der Waals surface area contributed by atoms with Crippen molar-refractivity contribution >= 4 is 22.8 Å². The molecular formula is C19H19N5O3. The highest BCUT2D eigenvalue weighted by molar-refractivity contribution is 5.89. The van der Waals surface area contributed by atoms with Gasteiger partial charge in [-0.2, -0.15) is 0 Å². The van der Waals surface area contributed by atoms with Crippen LogP contribution >= 0.6 is 0 Å². The van der Waals surface area contributed by atoms with Crippen LogP contribution in [0.4, 0.5) is 0 Å². The van der Waals surface area contributed by atoms with E-state index in [1.807, 2.05) is 30.3 Å². The average molecular weight is 365 g/mol. The van der Waals surface area contributed by atoms with Gasteiger partial charge in [0.25, 0.3) is 0 Å². The van der Waals surface area contributed by atoms with Crippen molar-refractivity contribution in [3.63, 3.8) is 0 Å². The quantitative estimate of drug-likeness (QED) is 0.682. The molecule has 8 heteroatoms. The number of carbonyl (C=O) groups excluding carboxylic acids is 2. The molecule has 138 valence electrons. The second-order valence-electron chi connectivity index (χ2n) is 6.81. The summed E-state index contributed by atoms with van der Waals surface area (Å²) in [4.78, 5) is 32.5. The lowest BCUT2D eigenvalue weighted by molar-refractivity contribution is -0.135. The lowest BCUT2D eigenvalue weighted by Crippen LogP contribution is -2.34. The lowest BCUT2D eigenvalue weighted by atomic mass is 10.1. The number of rotatable bonds is 5. The molecule has 2 amide bonds. The summed E-state index contributed by atoms with van der Waals surface area (Å²) in [5, 5.41) is 7.60. The summed E-state index contributed by atoms with van der Waals surface area (Å²) < 4.78 is 4.70. The molecule has 4 rings (SSSR count). The zero-order chi connectivity index (χ0) is 18.8. The van der Waals surface area contributed by atoms with Crippen LogP contribution in [0.5, 0.6) is 0 Å². The number of aromatic nitrogens is 3. The Bertz CT molecular complexity index is 972. The smallest absolute Gasteiger partial charge is 0.228 e. The van der Waals surface area contributed by atoms with Gasteiger partial charge in [0.2, 0.25) is 11.8 Å². The number of pyridine rings is 1. The Hall–Kier alpha value is -3.29. The summed E-state index contributed by atoms with van der Waals surface area (Å²) in [7, 11) is 1.75. The van der Waals surface area contributed by atoms with E-state index in [1.165, 1.54) is 0 Å². The highest BCUT2D eigenvalue weighted by Gasteiger charge is 2.35. The van der Waals surface area contributed by atoms with Crippen LogP contribution in [0.25, 0.3) is 11.0 Å². The van der Waals surface area contributed by atoms with Gasteiger partial charge in [0.15, 0.2) is 0 Å². The second kappa shape index (κ2) is 7.14. The van der Waals surface area contributed by atoms with Crippen LogP contribution in [0.2, 0.25) is 0 Å². The van der Waals surface area contributed by atoms with Crippen LogP contribution < -0.4 is 0 Å². The Morgan fingerprint density at radius 3 is 2.78 bits per heavy atom. The van der Waals surface area contributed by atoms with Crippen molar-refractivity contribution in [3.05, 3.63) is 53.9 Å². The van der Waals surface area contributed by atoms with Gasteiger partial charge in [0.05, 0.1) is 5.92 Å². The Kier molecular flexibility index (Phi) is 4.53. The van der Waals surface area contributed by atoms with Crippen molar-refractivity contribution in [1.29, 1.82) is 0 Å². The van der Waals surface area contributed by atoms with E-state index in [9.17, 15) is 9.59 Å². The van der Waals surface area contributed by atoms with E-state index in [0.717, 1.165) is 11.1 Å². The van der Waals surface area contributed by atoms with Gasteiger partial charge in [0.1, 0.15) is 11.0 Å². The van der Waals surface area contributed by atoms with Gasteiger partial charge in [0, 0.05) is 45.5 Å². The molecule has 0 N–H and O–H groups in total. The van der Waals surface area contributed by atoms with Crippen LogP contribution in [-0.4, -0.2) is 50.5 Å². The van der Waals surface area contributed by atoms with Crippen LogP contribution in [0.15, 0.2) is 47.4 Å². The number of fused-ring (bicyclic) bond motifs is 1. The van der Waals surface area contributed by atoms with Crippen molar-refractivity contribution in [2.24, 2.45) is 5.92 Å². The maximum absolute atomic E-state index is 12.8. The van der Waals surface area contributed by atoms with Crippen LogP contribution in [0, 0.1) is 5.92 Å². The lowest BCUT2D eigenvalue weighted by Gasteiger charge is -2.21. The first-order chi connectivity index (χ1) is 13.1. The minimum absolute atomic E-state index is 0.00801. The van der Waals surface area contributed by atoms with E-state index in [4.69, 9.17) is 4.63 Å². The fourth-order valence-corrected chi connectivity index (χ4v) is 3.39. The second-order valence-corrected chi connectivity index (χ2v) is 6.81. The number of benzene rings is 1. The summed E-state index contributed by atoms with van der Waals surface area (Å²) in [6, 6.07) is 9.32. The highest BCUT2D eigenvalue weighted by Crippen LogP contribution is 2.23. The molecule has 1 aromatic carbocycles. The number of amides is 2. The number of likely N-dealkylation sites (tertiary alicyclic amines) is 1. The summed E-state index contributed by atoms with van der Waals surface area (Å²) in [6.07, 6.45) is 3.65. The van der Waals surface area contributed by atoms with Crippen LogP contribution in [0.3, 0.4) is 0 Å². The largest absolute Gasteiger partial charge is 0.341 e. The minimum atomic E-state index is -0.318. The topological polar surface area (TPSA) is 92.4 Å². The normalized spacial score (nSPS) is 16.9. The van der Waals surface area contributed by atoms with Gasteiger partial charge in [-0.15, -0.1) is 0 Å². The van der Waals surface area contributed by atoms with Crippen molar-refractivity contribution in [2.75, 3.05) is 13.6 Å². The standard InChI is InChI=1S/C19H19N5O3/c1-23(10-14-2-3-16-17(8-14)22-27-21-16)19(26)15-9-18(25)24(12-15)11-13-4-6-20-7-5-13/h2-8,15H,9-12H2,1H3/t15-/m1/s1. The van der Waals surface area contributed by atoms with Crippen molar-refractivity contribution in [1.82, 2.24) is 25.1 Å². The first-order valence-electron chi connectivity index (χ1n) is 8.73. The van der Waals surface area contributed by atoms with Crippen LogP contribution in [0.1, 0.15) is 17.5 Å². The molecule has 1 atom stereocenters. The molecule has 3 heterocycles. The van der Waals surface area contributed by atoms with Gasteiger partial charge >= 0.3 is 0 Å². The first-order valence-corrected chi connectivity index (χ1v) is 8.73. The minimum Gasteiger partial charge on any atom is -0.341 e. The zero-order valence-corrected chi connectivity index (χ0v) is 14.9. The van der Waals surface area contributed by atoms with E-state index in [1.54, 1.807) is 29.2 Å². The van der Waals surface area contributed by atoms with Gasteiger partial charge in [-0.1, -0.05) is 6.07 Å². The fraction of sp³-hybridized carbons (Fsp3) is 0.316. The van der Waals surface area contributed by atoms with Gasteiger partial charge < -0.3 is 9.80 Å². The summed E-state index contributed by atoms with van der Waals surface area (Å²) in [6.45, 7) is 1.39. The number of hydrogen-bond acceptors (Lipinski definition) is 6. The van der Waals surface area contributed by atoms with Gasteiger partial charge in [-0.25, -0.2) is 4.63 Å². The van der Waals surface area contributed by atoms with E-state index in [-0.39, 0.29) is 24.2 Å².